The van der Waals surface area contributed by atoms with Crippen molar-refractivity contribution in [2.45, 2.75) is 13.0 Å². The van der Waals surface area contributed by atoms with Crippen molar-refractivity contribution >= 4 is 40.9 Å². The standard InChI is InChI=1S/C10H9Cl2FN2O3/c1-4(9(16)17)14-10(18)15-5-2-6(11)8(13)7(12)3-5/h2-4H,1H3,(H,16,17)(H2,14,15,18)/t4-/m0/s1. The minimum Gasteiger partial charge on any atom is -0.480 e. The molecule has 0 fully saturated rings. The molecule has 0 spiro atoms. The van der Waals surface area contributed by atoms with E-state index in [-0.39, 0.29) is 15.7 Å². The molecular weight excluding hydrogens is 286 g/mol. The smallest absolute Gasteiger partial charge is 0.325 e. The summed E-state index contributed by atoms with van der Waals surface area (Å²) in [4.78, 5) is 21.9. The number of hydrogen-bond acceptors (Lipinski definition) is 2. The zero-order valence-electron chi connectivity index (χ0n) is 9.13. The molecule has 5 nitrogen and oxygen atoms in total. The number of carboxylic acids is 1. The summed E-state index contributed by atoms with van der Waals surface area (Å²) in [5, 5.41) is 12.5. The van der Waals surface area contributed by atoms with Crippen LogP contribution in [0.15, 0.2) is 12.1 Å². The lowest BCUT2D eigenvalue weighted by molar-refractivity contribution is -0.138. The molecule has 0 aliphatic carbocycles. The van der Waals surface area contributed by atoms with Crippen LogP contribution in [0.25, 0.3) is 0 Å². The number of halogens is 3. The molecule has 0 unspecified atom stereocenters. The van der Waals surface area contributed by atoms with Gasteiger partial charge in [0.2, 0.25) is 0 Å². The van der Waals surface area contributed by atoms with E-state index in [4.69, 9.17) is 28.3 Å². The monoisotopic (exact) mass is 294 g/mol. The second-order valence-electron chi connectivity index (χ2n) is 3.41. The fourth-order valence-corrected chi connectivity index (χ4v) is 1.54. The van der Waals surface area contributed by atoms with Gasteiger partial charge in [0.15, 0.2) is 5.82 Å². The number of amides is 2. The Bertz CT molecular complexity index is 473. The second-order valence-corrected chi connectivity index (χ2v) is 4.23. The van der Waals surface area contributed by atoms with Crippen molar-refractivity contribution in [1.29, 1.82) is 0 Å². The van der Waals surface area contributed by atoms with Crippen LogP contribution in [0.5, 0.6) is 0 Å². The highest BCUT2D eigenvalue weighted by molar-refractivity contribution is 6.35. The van der Waals surface area contributed by atoms with Crippen molar-refractivity contribution in [3.8, 4) is 0 Å². The Morgan fingerprint density at radius 1 is 1.33 bits per heavy atom. The fourth-order valence-electron chi connectivity index (χ4n) is 1.05. The van der Waals surface area contributed by atoms with Gasteiger partial charge in [0.1, 0.15) is 6.04 Å². The van der Waals surface area contributed by atoms with Gasteiger partial charge in [0.05, 0.1) is 10.0 Å². The van der Waals surface area contributed by atoms with E-state index in [1.807, 2.05) is 0 Å². The fraction of sp³-hybridized carbons (Fsp3) is 0.200. The Balaban J connectivity index is 2.74. The van der Waals surface area contributed by atoms with Gasteiger partial charge in [-0.1, -0.05) is 23.2 Å². The third-order valence-electron chi connectivity index (χ3n) is 1.96. The average Bonchev–Trinajstić information content (AvgIpc) is 2.25. The zero-order chi connectivity index (χ0) is 13.9. The lowest BCUT2D eigenvalue weighted by atomic mass is 10.3. The van der Waals surface area contributed by atoms with Crippen LogP contribution >= 0.6 is 23.2 Å². The first-order chi connectivity index (χ1) is 8.31. The number of nitrogens with one attached hydrogen (secondary N) is 2. The minimum atomic E-state index is -1.18. The highest BCUT2D eigenvalue weighted by atomic mass is 35.5. The Morgan fingerprint density at radius 3 is 2.28 bits per heavy atom. The van der Waals surface area contributed by atoms with Crippen LogP contribution < -0.4 is 10.6 Å². The molecule has 1 aromatic carbocycles. The first-order valence-electron chi connectivity index (χ1n) is 4.76. The SMILES string of the molecule is C[C@H](NC(=O)Nc1cc(Cl)c(F)c(Cl)c1)C(=O)O. The number of aliphatic carboxylic acids is 1. The first-order valence-corrected chi connectivity index (χ1v) is 5.51. The molecule has 3 N–H and O–H groups in total. The molecule has 0 aromatic heterocycles. The summed E-state index contributed by atoms with van der Waals surface area (Å²) in [6.45, 7) is 1.30. The van der Waals surface area contributed by atoms with E-state index >= 15 is 0 Å². The largest absolute Gasteiger partial charge is 0.480 e. The van der Waals surface area contributed by atoms with Crippen LogP contribution in [0, 0.1) is 5.82 Å². The maximum Gasteiger partial charge on any atom is 0.325 e. The Kier molecular flexibility index (Phi) is 4.75. The average molecular weight is 295 g/mol. The van der Waals surface area contributed by atoms with Crippen LogP contribution in [0.1, 0.15) is 6.92 Å². The van der Waals surface area contributed by atoms with Gasteiger partial charge < -0.3 is 15.7 Å². The summed E-state index contributed by atoms with van der Waals surface area (Å²) in [5.41, 5.74) is 0.154. The second kappa shape index (κ2) is 5.88. The van der Waals surface area contributed by atoms with E-state index in [0.29, 0.717) is 0 Å². The molecule has 8 heteroatoms. The Hall–Kier alpha value is -1.53. The Morgan fingerprint density at radius 2 is 1.83 bits per heavy atom. The summed E-state index contributed by atoms with van der Waals surface area (Å²) in [6.07, 6.45) is 0. The van der Waals surface area contributed by atoms with Gasteiger partial charge in [-0.25, -0.2) is 9.18 Å². The number of urea groups is 1. The van der Waals surface area contributed by atoms with Gasteiger partial charge in [0, 0.05) is 5.69 Å². The molecule has 0 saturated heterocycles. The van der Waals surface area contributed by atoms with Crippen molar-refractivity contribution < 1.29 is 19.1 Å². The highest BCUT2D eigenvalue weighted by Crippen LogP contribution is 2.27. The molecule has 0 aliphatic heterocycles. The predicted molar refractivity (Wildman–Crippen MR) is 65.7 cm³/mol. The number of carbonyl (C=O) groups excluding carboxylic acids is 1. The van der Waals surface area contributed by atoms with E-state index in [1.165, 1.54) is 6.92 Å². The number of rotatable bonds is 3. The molecule has 0 aliphatic rings. The van der Waals surface area contributed by atoms with E-state index in [1.54, 1.807) is 0 Å². The first kappa shape index (κ1) is 14.5. The van der Waals surface area contributed by atoms with Crippen LogP contribution in [0.3, 0.4) is 0 Å². The molecule has 1 atom stereocenters. The molecule has 0 radical (unpaired) electrons. The van der Waals surface area contributed by atoms with Crippen molar-refractivity contribution in [1.82, 2.24) is 5.32 Å². The van der Waals surface area contributed by atoms with Gasteiger partial charge in [-0.3, -0.25) is 4.79 Å². The van der Waals surface area contributed by atoms with Gasteiger partial charge >= 0.3 is 12.0 Å². The normalized spacial score (nSPS) is 11.8. The summed E-state index contributed by atoms with van der Waals surface area (Å²) in [6, 6.07) is 0.502. The van der Waals surface area contributed by atoms with Crippen molar-refractivity contribution in [3.05, 3.63) is 28.0 Å². The number of carboxylic acid groups (broad SMARTS) is 1. The number of benzene rings is 1. The molecule has 1 rings (SSSR count). The van der Waals surface area contributed by atoms with Crippen LogP contribution in [0.4, 0.5) is 14.9 Å². The molecule has 0 heterocycles. The number of anilines is 1. The summed E-state index contributed by atoms with van der Waals surface area (Å²) < 4.78 is 13.1. The molecule has 2 amide bonds. The topological polar surface area (TPSA) is 78.4 Å². The molecule has 1 aromatic rings. The predicted octanol–water partition coefficient (Wildman–Crippen LogP) is 2.73. The van der Waals surface area contributed by atoms with E-state index in [0.717, 1.165) is 12.1 Å². The van der Waals surface area contributed by atoms with Crippen LogP contribution in [-0.2, 0) is 4.79 Å². The number of carbonyl (C=O) groups is 2. The molecule has 0 saturated carbocycles. The molecular formula is C10H9Cl2FN2O3. The minimum absolute atomic E-state index is 0.154. The van der Waals surface area contributed by atoms with Crippen molar-refractivity contribution in [2.24, 2.45) is 0 Å². The van der Waals surface area contributed by atoms with Crippen molar-refractivity contribution in [3.63, 3.8) is 0 Å². The summed E-state index contributed by atoms with van der Waals surface area (Å²) >= 11 is 11.1. The quantitative estimate of drug-likeness (QED) is 0.750. The lowest BCUT2D eigenvalue weighted by Gasteiger charge is -2.11. The van der Waals surface area contributed by atoms with E-state index in [2.05, 4.69) is 10.6 Å². The van der Waals surface area contributed by atoms with Gasteiger partial charge in [-0.2, -0.15) is 0 Å². The van der Waals surface area contributed by atoms with Crippen LogP contribution in [-0.4, -0.2) is 23.1 Å². The summed E-state index contributed by atoms with van der Waals surface area (Å²) in [5.74, 6) is -1.97. The third kappa shape index (κ3) is 3.75. The van der Waals surface area contributed by atoms with E-state index < -0.39 is 23.9 Å². The molecule has 0 bridgehead atoms. The molecule has 18 heavy (non-hydrogen) atoms. The van der Waals surface area contributed by atoms with Gasteiger partial charge in [-0.15, -0.1) is 0 Å². The highest BCUT2D eigenvalue weighted by Gasteiger charge is 2.15. The van der Waals surface area contributed by atoms with Crippen LogP contribution in [0.2, 0.25) is 10.0 Å². The zero-order valence-corrected chi connectivity index (χ0v) is 10.6. The van der Waals surface area contributed by atoms with Gasteiger partial charge in [0.25, 0.3) is 0 Å². The van der Waals surface area contributed by atoms with E-state index in [9.17, 15) is 14.0 Å². The maximum atomic E-state index is 13.1. The third-order valence-corrected chi connectivity index (χ3v) is 2.51. The Labute approximate surface area is 112 Å². The maximum absolute atomic E-state index is 13.1. The van der Waals surface area contributed by atoms with Crippen molar-refractivity contribution in [2.75, 3.05) is 5.32 Å². The molecule has 98 valence electrons. The van der Waals surface area contributed by atoms with Gasteiger partial charge in [-0.05, 0) is 19.1 Å². The number of hydrogen-bond donors (Lipinski definition) is 3. The lowest BCUT2D eigenvalue weighted by Crippen LogP contribution is -2.40. The summed E-state index contributed by atoms with van der Waals surface area (Å²) in [7, 11) is 0.